The maximum atomic E-state index is 12.2. The Labute approximate surface area is 128 Å². The zero-order valence-corrected chi connectivity index (χ0v) is 12.1. The molecule has 0 radical (unpaired) electrons. The fourth-order valence-electron chi connectivity index (χ4n) is 1.61. The normalized spacial score (nSPS) is 11.1. The summed E-state index contributed by atoms with van der Waals surface area (Å²) in [6.45, 7) is -2.93. The SMILES string of the molecule is COc1cc(C=Cc2ncc(C(=O)O)s2)ccc1OC(F)F. The zero-order chi connectivity index (χ0) is 16.1. The lowest BCUT2D eigenvalue weighted by atomic mass is 10.2. The second-order valence-electron chi connectivity index (χ2n) is 3.99. The summed E-state index contributed by atoms with van der Waals surface area (Å²) >= 11 is 1.03. The number of methoxy groups -OCH3 is 1. The van der Waals surface area contributed by atoms with Crippen molar-refractivity contribution >= 4 is 29.5 Å². The Kier molecular flexibility index (Phi) is 5.05. The molecule has 5 nitrogen and oxygen atoms in total. The molecule has 0 spiro atoms. The molecule has 0 saturated heterocycles. The van der Waals surface area contributed by atoms with E-state index >= 15 is 0 Å². The molecule has 1 heterocycles. The standard InChI is InChI=1S/C14H11F2NO4S/c1-20-10-6-8(2-4-9(10)21-14(15)16)3-5-12-17-7-11(22-12)13(18)19/h2-7,14H,1H3,(H,18,19). The summed E-state index contributed by atoms with van der Waals surface area (Å²) in [6, 6.07) is 4.47. The largest absolute Gasteiger partial charge is 0.493 e. The van der Waals surface area contributed by atoms with Gasteiger partial charge in [-0.15, -0.1) is 11.3 Å². The van der Waals surface area contributed by atoms with Crippen LogP contribution in [0.4, 0.5) is 8.78 Å². The molecule has 2 aromatic rings. The van der Waals surface area contributed by atoms with Gasteiger partial charge in [-0.1, -0.05) is 12.1 Å². The van der Waals surface area contributed by atoms with Gasteiger partial charge in [0.2, 0.25) is 0 Å². The van der Waals surface area contributed by atoms with E-state index in [-0.39, 0.29) is 16.4 Å². The maximum Gasteiger partial charge on any atom is 0.387 e. The van der Waals surface area contributed by atoms with Crippen LogP contribution in [0.3, 0.4) is 0 Å². The molecule has 0 unspecified atom stereocenters. The lowest BCUT2D eigenvalue weighted by molar-refractivity contribution is -0.0512. The van der Waals surface area contributed by atoms with E-state index < -0.39 is 12.6 Å². The first-order chi connectivity index (χ1) is 10.5. The number of benzene rings is 1. The minimum Gasteiger partial charge on any atom is -0.493 e. The predicted molar refractivity (Wildman–Crippen MR) is 77.6 cm³/mol. The van der Waals surface area contributed by atoms with Crippen LogP contribution in [0.2, 0.25) is 0 Å². The van der Waals surface area contributed by atoms with Crippen molar-refractivity contribution in [1.82, 2.24) is 4.98 Å². The number of hydrogen-bond donors (Lipinski definition) is 1. The van der Waals surface area contributed by atoms with Crippen LogP contribution in [0.25, 0.3) is 12.2 Å². The van der Waals surface area contributed by atoms with Crippen LogP contribution in [0.15, 0.2) is 24.4 Å². The van der Waals surface area contributed by atoms with Crippen molar-refractivity contribution in [2.24, 2.45) is 0 Å². The molecule has 0 amide bonds. The summed E-state index contributed by atoms with van der Waals surface area (Å²) in [5.74, 6) is -0.919. The minimum atomic E-state index is -2.93. The number of thiazole rings is 1. The molecule has 0 saturated carbocycles. The summed E-state index contributed by atoms with van der Waals surface area (Å²) in [4.78, 5) is 14.8. The van der Waals surface area contributed by atoms with Gasteiger partial charge in [0.25, 0.3) is 0 Å². The predicted octanol–water partition coefficient (Wildman–Crippen LogP) is 3.62. The highest BCUT2D eigenvalue weighted by Gasteiger charge is 2.10. The van der Waals surface area contributed by atoms with Crippen molar-refractivity contribution in [1.29, 1.82) is 0 Å². The molecule has 0 aliphatic heterocycles. The average Bonchev–Trinajstić information content (AvgIpc) is 2.94. The van der Waals surface area contributed by atoms with Crippen molar-refractivity contribution < 1.29 is 28.2 Å². The molecule has 0 aliphatic rings. The van der Waals surface area contributed by atoms with Gasteiger partial charge in [0.15, 0.2) is 11.5 Å². The van der Waals surface area contributed by atoms with Gasteiger partial charge in [-0.2, -0.15) is 8.78 Å². The van der Waals surface area contributed by atoms with E-state index in [9.17, 15) is 13.6 Å². The molecule has 22 heavy (non-hydrogen) atoms. The highest BCUT2D eigenvalue weighted by Crippen LogP contribution is 2.30. The monoisotopic (exact) mass is 327 g/mol. The van der Waals surface area contributed by atoms with Gasteiger partial charge in [0.1, 0.15) is 9.88 Å². The van der Waals surface area contributed by atoms with Crippen molar-refractivity contribution in [3.05, 3.63) is 39.8 Å². The molecule has 116 valence electrons. The Hall–Kier alpha value is -2.48. The molecule has 0 atom stereocenters. The Balaban J connectivity index is 2.18. The van der Waals surface area contributed by atoms with Crippen molar-refractivity contribution in [2.45, 2.75) is 6.61 Å². The second kappa shape index (κ2) is 6.99. The van der Waals surface area contributed by atoms with E-state index in [0.29, 0.717) is 10.6 Å². The third-order valence-corrected chi connectivity index (χ3v) is 3.51. The van der Waals surface area contributed by atoms with Crippen molar-refractivity contribution in [3.63, 3.8) is 0 Å². The Bertz CT molecular complexity index is 700. The van der Waals surface area contributed by atoms with Gasteiger partial charge in [-0.25, -0.2) is 9.78 Å². The number of carboxylic acids is 1. The molecule has 1 aromatic heterocycles. The quantitative estimate of drug-likeness (QED) is 0.877. The van der Waals surface area contributed by atoms with Crippen LogP contribution in [0, 0.1) is 0 Å². The van der Waals surface area contributed by atoms with E-state index in [1.54, 1.807) is 18.2 Å². The van der Waals surface area contributed by atoms with E-state index in [1.807, 2.05) is 0 Å². The molecule has 2 rings (SSSR count). The van der Waals surface area contributed by atoms with Gasteiger partial charge in [0, 0.05) is 0 Å². The number of ether oxygens (including phenoxy) is 2. The van der Waals surface area contributed by atoms with Crippen LogP contribution < -0.4 is 9.47 Å². The first-order valence-corrected chi connectivity index (χ1v) is 6.81. The van der Waals surface area contributed by atoms with Crippen LogP contribution >= 0.6 is 11.3 Å². The third kappa shape index (κ3) is 4.01. The molecule has 1 aromatic carbocycles. The second-order valence-corrected chi connectivity index (χ2v) is 5.05. The van der Waals surface area contributed by atoms with E-state index in [0.717, 1.165) is 11.3 Å². The molecule has 0 aliphatic carbocycles. The summed E-state index contributed by atoms with van der Waals surface area (Å²) in [6.07, 6.45) is 4.56. The topological polar surface area (TPSA) is 68.7 Å². The van der Waals surface area contributed by atoms with Crippen LogP contribution in [0.5, 0.6) is 11.5 Å². The van der Waals surface area contributed by atoms with E-state index in [2.05, 4.69) is 9.72 Å². The van der Waals surface area contributed by atoms with Crippen LogP contribution in [0.1, 0.15) is 20.2 Å². The molecular weight excluding hydrogens is 316 g/mol. The fourth-order valence-corrected chi connectivity index (χ4v) is 2.27. The zero-order valence-electron chi connectivity index (χ0n) is 11.3. The lowest BCUT2D eigenvalue weighted by Crippen LogP contribution is -2.03. The maximum absolute atomic E-state index is 12.2. The number of aromatic nitrogens is 1. The van der Waals surface area contributed by atoms with Crippen molar-refractivity contribution in [3.8, 4) is 11.5 Å². The number of carbonyl (C=O) groups is 1. The van der Waals surface area contributed by atoms with Crippen LogP contribution in [-0.2, 0) is 0 Å². The van der Waals surface area contributed by atoms with Gasteiger partial charge in [0.05, 0.1) is 13.3 Å². The van der Waals surface area contributed by atoms with Gasteiger partial charge in [-0.05, 0) is 23.8 Å². The minimum absolute atomic E-state index is 0.0583. The number of rotatable bonds is 6. The van der Waals surface area contributed by atoms with Gasteiger partial charge >= 0.3 is 12.6 Å². The summed E-state index contributed by atoms with van der Waals surface area (Å²) in [5, 5.41) is 9.33. The Morgan fingerprint density at radius 2 is 2.14 bits per heavy atom. The molecule has 1 N–H and O–H groups in total. The number of aromatic carboxylic acids is 1. The Morgan fingerprint density at radius 1 is 1.36 bits per heavy atom. The average molecular weight is 327 g/mol. The molecule has 0 fully saturated rings. The molecule has 0 bridgehead atoms. The Morgan fingerprint density at radius 3 is 2.73 bits per heavy atom. The van der Waals surface area contributed by atoms with Crippen LogP contribution in [-0.4, -0.2) is 29.8 Å². The smallest absolute Gasteiger partial charge is 0.387 e. The molecular formula is C14H11F2NO4S. The number of halogens is 2. The number of hydrogen-bond acceptors (Lipinski definition) is 5. The first kappa shape index (κ1) is 15.9. The molecule has 8 heteroatoms. The summed E-state index contributed by atoms with van der Waals surface area (Å²) in [5.41, 5.74) is 0.672. The lowest BCUT2D eigenvalue weighted by Gasteiger charge is -2.10. The highest BCUT2D eigenvalue weighted by molar-refractivity contribution is 7.14. The number of carboxylic acid groups (broad SMARTS) is 1. The van der Waals surface area contributed by atoms with E-state index in [4.69, 9.17) is 9.84 Å². The fraction of sp³-hybridized carbons (Fsp3) is 0.143. The van der Waals surface area contributed by atoms with Gasteiger partial charge in [-0.3, -0.25) is 0 Å². The third-order valence-electron chi connectivity index (χ3n) is 2.56. The first-order valence-electron chi connectivity index (χ1n) is 5.99. The van der Waals surface area contributed by atoms with Gasteiger partial charge < -0.3 is 14.6 Å². The van der Waals surface area contributed by atoms with Crippen molar-refractivity contribution in [2.75, 3.05) is 7.11 Å². The summed E-state index contributed by atoms with van der Waals surface area (Å²) in [7, 11) is 1.35. The number of alkyl halides is 2. The summed E-state index contributed by atoms with van der Waals surface area (Å²) < 4.78 is 33.8. The number of nitrogens with zero attached hydrogens (tertiary/aromatic N) is 1. The van der Waals surface area contributed by atoms with E-state index in [1.165, 1.54) is 25.4 Å². The highest BCUT2D eigenvalue weighted by atomic mass is 32.1.